The normalized spacial score (nSPS) is 15.0. The first-order valence-electron chi connectivity index (χ1n) is 25.2. The highest BCUT2D eigenvalue weighted by atomic mass is 32.2. The molecule has 2 aromatic heterocycles. The lowest BCUT2D eigenvalue weighted by Gasteiger charge is -2.43. The summed E-state index contributed by atoms with van der Waals surface area (Å²) in [7, 11) is -3.34. The number of nitrogens with one attached hydrogen (secondary N) is 3. The molecule has 452 valence electrons. The van der Waals surface area contributed by atoms with E-state index in [-0.39, 0.29) is 47.8 Å². The number of anilines is 2. The molecule has 2 aliphatic rings. The second-order valence-electron chi connectivity index (χ2n) is 19.7. The van der Waals surface area contributed by atoms with Crippen molar-refractivity contribution >= 4 is 89.3 Å². The Hall–Kier alpha value is -6.46. The lowest BCUT2D eigenvalue weighted by Crippen LogP contribution is -2.51. The number of aromatic carboxylic acids is 1. The fourth-order valence-electron chi connectivity index (χ4n) is 8.82. The molecule has 2 atom stereocenters. The molecule has 2 aromatic carbocycles. The van der Waals surface area contributed by atoms with E-state index in [9.17, 15) is 62.4 Å². The molecule has 29 heteroatoms. The number of halogens is 6. The third-order valence-corrected chi connectivity index (χ3v) is 16.7. The van der Waals surface area contributed by atoms with Crippen molar-refractivity contribution in [3.8, 4) is 0 Å². The molecule has 0 saturated heterocycles. The van der Waals surface area contributed by atoms with Crippen molar-refractivity contribution in [3.05, 3.63) is 107 Å². The van der Waals surface area contributed by atoms with Crippen molar-refractivity contribution < 1.29 is 76.9 Å². The summed E-state index contributed by atoms with van der Waals surface area (Å²) in [4.78, 5) is 61.6. The third-order valence-electron chi connectivity index (χ3n) is 13.5. The zero-order valence-electron chi connectivity index (χ0n) is 44.7. The Bertz CT molecular complexity index is 3060. The van der Waals surface area contributed by atoms with E-state index in [2.05, 4.69) is 35.9 Å². The molecule has 0 aliphatic heterocycles. The first-order valence-corrected chi connectivity index (χ1v) is 30.1. The van der Waals surface area contributed by atoms with Crippen LogP contribution in [0.15, 0.2) is 73.6 Å². The predicted molar refractivity (Wildman–Crippen MR) is 303 cm³/mol. The van der Waals surface area contributed by atoms with Gasteiger partial charge in [0.05, 0.1) is 29.8 Å². The smallest absolute Gasteiger partial charge is 0.434 e. The van der Waals surface area contributed by atoms with Gasteiger partial charge in [0, 0.05) is 71.5 Å². The van der Waals surface area contributed by atoms with Crippen LogP contribution in [0.25, 0.3) is 0 Å². The van der Waals surface area contributed by atoms with Crippen LogP contribution >= 0.6 is 24.4 Å². The van der Waals surface area contributed by atoms with Gasteiger partial charge in [-0.05, 0) is 86.8 Å². The van der Waals surface area contributed by atoms with Crippen molar-refractivity contribution in [1.29, 1.82) is 0 Å². The van der Waals surface area contributed by atoms with Crippen LogP contribution in [0.5, 0.6) is 0 Å². The van der Waals surface area contributed by atoms with Crippen LogP contribution in [0.2, 0.25) is 0 Å². The molecule has 2 unspecified atom stereocenters. The number of carboxylic acids is 1. The number of unbranched alkanes of at least 4 members (excludes halogenated alkanes) is 2. The average molecular weight is 1240 g/mol. The predicted octanol–water partition coefficient (Wildman–Crippen LogP) is 8.62. The number of thiocarbonyl (C=S) groups is 2. The van der Waals surface area contributed by atoms with Crippen molar-refractivity contribution in [3.63, 3.8) is 0 Å². The van der Waals surface area contributed by atoms with Crippen molar-refractivity contribution in [2.75, 3.05) is 49.3 Å². The van der Waals surface area contributed by atoms with Gasteiger partial charge in [-0.3, -0.25) is 4.79 Å². The Balaban J connectivity index is 0.000000362. The lowest BCUT2D eigenvalue weighted by atomic mass is 9.65. The number of amides is 1. The molecule has 4 aromatic rings. The fraction of sp³-hybridized carbons (Fsp3) is 0.509. The summed E-state index contributed by atoms with van der Waals surface area (Å²) in [6.07, 6.45) is 6.27. The van der Waals surface area contributed by atoms with Gasteiger partial charge in [-0.2, -0.15) is 26.3 Å². The molecule has 2 heterocycles. The van der Waals surface area contributed by atoms with Gasteiger partial charge in [0.1, 0.15) is 50.0 Å². The van der Waals surface area contributed by atoms with Crippen molar-refractivity contribution in [2.45, 2.75) is 122 Å². The van der Waals surface area contributed by atoms with E-state index in [1.54, 1.807) is 24.3 Å². The second kappa shape index (κ2) is 30.7. The number of esters is 2. The van der Waals surface area contributed by atoms with Crippen LogP contribution < -0.4 is 21.7 Å². The molecule has 6 N–H and O–H groups in total. The monoisotopic (exact) mass is 1230 g/mol. The topological polar surface area (TPSA) is 289 Å². The van der Waals surface area contributed by atoms with Crippen LogP contribution in [0, 0.1) is 10.8 Å². The number of aromatic nitrogens is 4. The Morgan fingerprint density at radius 1 is 0.659 bits per heavy atom. The minimum absolute atomic E-state index is 0. The van der Waals surface area contributed by atoms with Crippen LogP contribution in [-0.2, 0) is 63.9 Å². The number of nitrogen functional groups attached to an aromatic ring is 1. The fourth-order valence-corrected chi connectivity index (χ4v) is 11.2. The summed E-state index contributed by atoms with van der Waals surface area (Å²) in [5, 5.41) is 17.1. The number of benzene rings is 2. The number of hydrogen-bond donors (Lipinski definition) is 5. The van der Waals surface area contributed by atoms with Gasteiger partial charge in [0.15, 0.2) is 11.4 Å². The molecule has 6 rings (SSSR count). The van der Waals surface area contributed by atoms with Gasteiger partial charge >= 0.3 is 30.3 Å². The number of sulfone groups is 2. The van der Waals surface area contributed by atoms with E-state index in [1.807, 2.05) is 12.1 Å². The standard InChI is InChI=1S/C26H31F3N4O5S2.C20H30N2O4S2.C6H3F3N2O2.CH4/c1-38-23(35)20(33-24(39)25(11-5-12-25)10-3-4-13-40(2,36)37)14-17-6-8-18(9-7-17)32-22(34)19-15-30-16-31-21(19)26(27,28)29;1-26-18(23)17(14-15-6-8-16(21)9-7-15)22-19(27)20(11-5-12-20)10-3-4-13-28(2,24)25;7-6(8,9)4-3(5(12)13)1-10-2-11-4;/h6-9,15-16,20H,3-5,10-14H2,1-2H3,(H,32,34)(H,33,39);6-9,17H,3-5,10-14,21H2,1-2H3,(H,22,27);1-2H,(H,12,13);1H4. The Labute approximate surface area is 483 Å². The molecule has 0 bridgehead atoms. The second-order valence-corrected chi connectivity index (χ2v) is 25.0. The minimum atomic E-state index is -4.82. The quantitative estimate of drug-likeness (QED) is 0.0153. The maximum absolute atomic E-state index is 13.2. The van der Waals surface area contributed by atoms with E-state index in [4.69, 9.17) is 44.7 Å². The molecule has 0 spiro atoms. The van der Waals surface area contributed by atoms with Crippen LogP contribution in [0.3, 0.4) is 0 Å². The van der Waals surface area contributed by atoms with Gasteiger partial charge in [-0.1, -0.05) is 81.8 Å². The first kappa shape index (κ1) is 69.8. The highest BCUT2D eigenvalue weighted by Gasteiger charge is 2.44. The largest absolute Gasteiger partial charge is 0.478 e. The number of ether oxygens (including phenoxy) is 2. The molecule has 1 amide bonds. The Morgan fingerprint density at radius 2 is 1.04 bits per heavy atom. The van der Waals surface area contributed by atoms with E-state index in [0.29, 0.717) is 59.4 Å². The molecule has 0 radical (unpaired) electrons. The third kappa shape index (κ3) is 21.7. The average Bonchev–Trinajstić information content (AvgIpc) is 3.59. The maximum Gasteiger partial charge on any atom is 0.434 e. The summed E-state index contributed by atoms with van der Waals surface area (Å²) in [5.74, 6) is -3.27. The number of nitrogens with zero attached hydrogens (tertiary/aromatic N) is 4. The molecule has 2 saturated carbocycles. The number of nitrogens with two attached hydrogens (primary N) is 1. The summed E-state index contributed by atoms with van der Waals surface area (Å²) < 4.78 is 131. The molecule has 2 fully saturated rings. The summed E-state index contributed by atoms with van der Waals surface area (Å²) in [6, 6.07) is 12.3. The van der Waals surface area contributed by atoms with E-state index < -0.39 is 84.5 Å². The highest BCUT2D eigenvalue weighted by molar-refractivity contribution is 7.90. The number of alkyl halides is 6. The van der Waals surface area contributed by atoms with Gasteiger partial charge in [-0.25, -0.2) is 51.2 Å². The number of carboxylic acid groups (broad SMARTS) is 1. The molecule has 2 aliphatic carbocycles. The number of methoxy groups -OCH3 is 2. The van der Waals surface area contributed by atoms with E-state index in [0.717, 1.165) is 75.9 Å². The number of carbonyl (C=O) groups excluding carboxylic acids is 3. The van der Waals surface area contributed by atoms with Crippen LogP contribution in [0.4, 0.5) is 37.7 Å². The van der Waals surface area contributed by atoms with Gasteiger partial charge in [0.25, 0.3) is 5.91 Å². The Kier molecular flexibility index (Phi) is 26.2. The lowest BCUT2D eigenvalue weighted by molar-refractivity contribution is -0.143. The van der Waals surface area contributed by atoms with Crippen LogP contribution in [-0.4, -0.2) is 126 Å². The zero-order chi connectivity index (χ0) is 60.4. The van der Waals surface area contributed by atoms with Gasteiger partial charge < -0.3 is 36.3 Å². The minimum Gasteiger partial charge on any atom is -0.478 e. The van der Waals surface area contributed by atoms with Crippen molar-refractivity contribution in [1.82, 2.24) is 30.6 Å². The first-order chi connectivity index (χ1) is 37.8. The molecule has 19 nitrogen and oxygen atoms in total. The highest BCUT2D eigenvalue weighted by Crippen LogP contribution is 2.47. The molecular weight excluding hydrogens is 1170 g/mol. The number of rotatable bonds is 23. The number of hydrogen-bond acceptors (Lipinski definition) is 17. The summed E-state index contributed by atoms with van der Waals surface area (Å²) in [6.45, 7) is 0. The zero-order valence-corrected chi connectivity index (χ0v) is 48.0. The van der Waals surface area contributed by atoms with Gasteiger partial charge in [-0.15, -0.1) is 0 Å². The van der Waals surface area contributed by atoms with E-state index in [1.165, 1.54) is 38.9 Å². The number of carbonyl (C=O) groups is 4. The van der Waals surface area contributed by atoms with Crippen molar-refractivity contribution in [2.24, 2.45) is 10.8 Å². The summed E-state index contributed by atoms with van der Waals surface area (Å²) >= 11 is 11.4. The van der Waals surface area contributed by atoms with E-state index >= 15 is 0 Å². The molecular formula is C53H68F6N8O11S4. The molecule has 82 heavy (non-hydrogen) atoms. The van der Waals surface area contributed by atoms with Gasteiger partial charge in [0.2, 0.25) is 0 Å². The maximum atomic E-state index is 13.2. The Morgan fingerprint density at radius 3 is 1.37 bits per heavy atom. The van der Waals surface area contributed by atoms with Crippen LogP contribution in [0.1, 0.15) is 128 Å². The summed E-state index contributed by atoms with van der Waals surface area (Å²) in [5.41, 5.74) is 3.45. The SMILES string of the molecule is C.COC(=O)C(Cc1ccc(N)cc1)NC(=S)C1(CCCCS(C)(=O)=O)CCC1.COC(=O)C(Cc1ccc(NC(=O)c2cncnc2C(F)(F)F)cc1)NC(=S)C1(CCCCS(C)(=O)=O)CCC1.O=C(O)c1cncnc1C(F)(F)F.